The average Bonchev–Trinajstić information content (AvgIpc) is 3.56. The molecular formula is C26H24FN9O. The number of nitrogens with zero attached hydrogens (tertiary/aromatic N) is 8. The zero-order chi connectivity index (χ0) is 25.4. The maximum atomic E-state index is 15.6. The van der Waals surface area contributed by atoms with Crippen LogP contribution < -0.4 is 10.2 Å². The summed E-state index contributed by atoms with van der Waals surface area (Å²) in [6, 6.07) is 11.5. The van der Waals surface area contributed by atoms with E-state index in [-0.39, 0.29) is 11.6 Å². The van der Waals surface area contributed by atoms with Crippen molar-refractivity contribution in [3.8, 4) is 16.8 Å². The standard InChI is InChI=1S/C26H24FN9O/c1-34-16-17(14-31-34)20-6-3-11-29-24(20)35(19-5-2-10-28-15-19)26(37)21-9-8-18(13-22(21)27)36-25-23(32-33-36)7-4-12-30-25/h3-4,6-9,11-14,16,19,28H,2,5,10,15H2,1H3/t19-/m1/s1. The van der Waals surface area contributed by atoms with Gasteiger partial charge in [0.2, 0.25) is 0 Å². The molecule has 4 aromatic heterocycles. The number of carbonyl (C=O) groups is 1. The first-order chi connectivity index (χ1) is 18.1. The number of halogens is 1. The summed E-state index contributed by atoms with van der Waals surface area (Å²) >= 11 is 0. The Balaban J connectivity index is 1.42. The molecule has 37 heavy (non-hydrogen) atoms. The third-order valence-corrected chi connectivity index (χ3v) is 6.52. The van der Waals surface area contributed by atoms with Gasteiger partial charge in [0.15, 0.2) is 5.65 Å². The van der Waals surface area contributed by atoms with Crippen molar-refractivity contribution in [3.63, 3.8) is 0 Å². The molecule has 186 valence electrons. The summed E-state index contributed by atoms with van der Waals surface area (Å²) in [5, 5.41) is 15.8. The van der Waals surface area contributed by atoms with Gasteiger partial charge in [0, 0.05) is 49.4 Å². The highest BCUT2D eigenvalue weighted by Crippen LogP contribution is 2.32. The number of hydrogen-bond donors (Lipinski definition) is 1. The lowest BCUT2D eigenvalue weighted by atomic mass is 10.0. The van der Waals surface area contributed by atoms with Crippen LogP contribution in [-0.4, -0.2) is 59.8 Å². The first-order valence-corrected chi connectivity index (χ1v) is 12.0. The van der Waals surface area contributed by atoms with Crippen LogP contribution in [0, 0.1) is 5.82 Å². The molecule has 0 radical (unpaired) electrons. The minimum Gasteiger partial charge on any atom is -0.315 e. The average molecular weight is 498 g/mol. The molecule has 0 bridgehead atoms. The van der Waals surface area contributed by atoms with E-state index in [4.69, 9.17) is 0 Å². The molecule has 0 saturated carbocycles. The Hall–Kier alpha value is -4.51. The fraction of sp³-hybridized carbons (Fsp3) is 0.231. The number of aryl methyl sites for hydroxylation is 1. The van der Waals surface area contributed by atoms with Gasteiger partial charge in [0.1, 0.15) is 17.2 Å². The number of hydrogen-bond acceptors (Lipinski definition) is 7. The Morgan fingerprint density at radius 1 is 1.16 bits per heavy atom. The number of aromatic nitrogens is 7. The molecule has 1 N–H and O–H groups in total. The van der Waals surface area contributed by atoms with Crippen LogP contribution in [-0.2, 0) is 7.05 Å². The largest absolute Gasteiger partial charge is 0.315 e. The lowest BCUT2D eigenvalue weighted by Gasteiger charge is -2.35. The van der Waals surface area contributed by atoms with E-state index in [2.05, 4.69) is 30.7 Å². The van der Waals surface area contributed by atoms with Gasteiger partial charge in [-0.05, 0) is 55.8 Å². The maximum Gasteiger partial charge on any atom is 0.262 e. The molecule has 1 aliphatic heterocycles. The van der Waals surface area contributed by atoms with Crippen molar-refractivity contribution in [2.24, 2.45) is 7.05 Å². The minimum atomic E-state index is -0.658. The Labute approximate surface area is 211 Å². The first-order valence-electron chi connectivity index (χ1n) is 12.0. The molecule has 1 saturated heterocycles. The summed E-state index contributed by atoms with van der Waals surface area (Å²) in [6.45, 7) is 1.46. The highest BCUT2D eigenvalue weighted by Gasteiger charge is 2.32. The molecule has 1 amide bonds. The van der Waals surface area contributed by atoms with E-state index in [1.165, 1.54) is 16.8 Å². The Morgan fingerprint density at radius 3 is 2.81 bits per heavy atom. The molecular weight excluding hydrogens is 473 g/mol. The number of piperidine rings is 1. The normalized spacial score (nSPS) is 15.7. The number of nitrogens with one attached hydrogen (secondary N) is 1. The van der Waals surface area contributed by atoms with Gasteiger partial charge in [0.05, 0.1) is 23.5 Å². The number of carbonyl (C=O) groups excluding carboxylic acids is 1. The smallest absolute Gasteiger partial charge is 0.262 e. The van der Waals surface area contributed by atoms with Crippen molar-refractivity contribution in [2.75, 3.05) is 18.0 Å². The zero-order valence-electron chi connectivity index (χ0n) is 20.1. The molecule has 5 aromatic rings. The van der Waals surface area contributed by atoms with Crippen molar-refractivity contribution in [1.82, 2.24) is 40.1 Å². The van der Waals surface area contributed by atoms with Crippen LogP contribution in [0.4, 0.5) is 10.2 Å². The van der Waals surface area contributed by atoms with Gasteiger partial charge in [0.25, 0.3) is 5.91 Å². The monoisotopic (exact) mass is 497 g/mol. The van der Waals surface area contributed by atoms with Gasteiger partial charge >= 0.3 is 0 Å². The van der Waals surface area contributed by atoms with Gasteiger partial charge in [-0.2, -0.15) is 9.78 Å². The van der Waals surface area contributed by atoms with Crippen molar-refractivity contribution < 1.29 is 9.18 Å². The van der Waals surface area contributed by atoms with Crippen molar-refractivity contribution >= 4 is 22.9 Å². The molecule has 0 aliphatic carbocycles. The summed E-state index contributed by atoms with van der Waals surface area (Å²) < 4.78 is 18.7. The van der Waals surface area contributed by atoms with Crippen LogP contribution in [0.1, 0.15) is 23.2 Å². The molecule has 10 nitrogen and oxygen atoms in total. The lowest BCUT2D eigenvalue weighted by Crippen LogP contribution is -2.49. The van der Waals surface area contributed by atoms with Crippen LogP contribution >= 0.6 is 0 Å². The highest BCUT2D eigenvalue weighted by molar-refractivity contribution is 6.08. The molecule has 0 unspecified atom stereocenters. The fourth-order valence-electron chi connectivity index (χ4n) is 4.74. The van der Waals surface area contributed by atoms with Gasteiger partial charge in [-0.25, -0.2) is 14.4 Å². The van der Waals surface area contributed by atoms with E-state index in [1.807, 2.05) is 25.4 Å². The van der Waals surface area contributed by atoms with Crippen LogP contribution in [0.3, 0.4) is 0 Å². The van der Waals surface area contributed by atoms with E-state index >= 15 is 4.39 Å². The van der Waals surface area contributed by atoms with Crippen molar-refractivity contribution in [1.29, 1.82) is 0 Å². The van der Waals surface area contributed by atoms with Crippen LogP contribution in [0.15, 0.2) is 67.3 Å². The van der Waals surface area contributed by atoms with Gasteiger partial charge < -0.3 is 5.32 Å². The van der Waals surface area contributed by atoms with Gasteiger partial charge in [-0.15, -0.1) is 5.10 Å². The molecule has 1 atom stereocenters. The molecule has 1 aromatic carbocycles. The SMILES string of the molecule is Cn1cc(-c2cccnc2N(C(=O)c2ccc(-n3nnc4cccnc43)cc2F)[C@@H]2CCCNC2)cn1. The third kappa shape index (κ3) is 4.23. The molecule has 11 heteroatoms. The fourth-order valence-corrected chi connectivity index (χ4v) is 4.74. The summed E-state index contributed by atoms with van der Waals surface area (Å²) in [5.41, 5.74) is 3.06. The summed E-state index contributed by atoms with van der Waals surface area (Å²) in [7, 11) is 1.83. The van der Waals surface area contributed by atoms with E-state index in [1.54, 1.807) is 46.4 Å². The number of fused-ring (bicyclic) bond motifs is 1. The quantitative estimate of drug-likeness (QED) is 0.398. The number of amides is 1. The van der Waals surface area contributed by atoms with E-state index in [0.29, 0.717) is 29.2 Å². The van der Waals surface area contributed by atoms with Crippen molar-refractivity contribution in [3.05, 3.63) is 78.6 Å². The second kappa shape index (κ2) is 9.51. The Bertz CT molecular complexity index is 1590. The Morgan fingerprint density at radius 2 is 2.03 bits per heavy atom. The Kier molecular flexibility index (Phi) is 5.89. The topological polar surface area (TPSA) is 107 Å². The molecule has 1 fully saturated rings. The number of rotatable bonds is 5. The number of anilines is 1. The van der Waals surface area contributed by atoms with Crippen LogP contribution in [0.5, 0.6) is 0 Å². The second-order valence-electron chi connectivity index (χ2n) is 8.96. The summed E-state index contributed by atoms with van der Waals surface area (Å²) in [5.74, 6) is -0.637. The number of benzene rings is 1. The van der Waals surface area contributed by atoms with Crippen molar-refractivity contribution in [2.45, 2.75) is 18.9 Å². The summed E-state index contributed by atoms with van der Waals surface area (Å²) in [4.78, 5) is 24.5. The highest BCUT2D eigenvalue weighted by atomic mass is 19.1. The van der Waals surface area contributed by atoms with E-state index < -0.39 is 11.7 Å². The maximum absolute atomic E-state index is 15.6. The number of pyridine rings is 2. The summed E-state index contributed by atoms with van der Waals surface area (Å²) in [6.07, 6.45) is 8.55. The van der Waals surface area contributed by atoms with Crippen LogP contribution in [0.2, 0.25) is 0 Å². The molecule has 1 aliphatic rings. The molecule has 6 rings (SSSR count). The molecule has 5 heterocycles. The minimum absolute atomic E-state index is 0.0468. The van der Waals surface area contributed by atoms with E-state index in [9.17, 15) is 4.79 Å². The zero-order valence-corrected chi connectivity index (χ0v) is 20.1. The third-order valence-electron chi connectivity index (χ3n) is 6.52. The predicted octanol–water partition coefficient (Wildman–Crippen LogP) is 3.15. The van der Waals surface area contributed by atoms with Crippen LogP contribution in [0.25, 0.3) is 28.0 Å². The molecule has 0 spiro atoms. The lowest BCUT2D eigenvalue weighted by molar-refractivity contribution is 0.0967. The van der Waals surface area contributed by atoms with Gasteiger partial charge in [-0.3, -0.25) is 14.4 Å². The first kappa shape index (κ1) is 22.9. The van der Waals surface area contributed by atoms with E-state index in [0.717, 1.165) is 30.5 Å². The van der Waals surface area contributed by atoms with Gasteiger partial charge in [-0.1, -0.05) is 5.21 Å². The predicted molar refractivity (Wildman–Crippen MR) is 136 cm³/mol. The second-order valence-corrected chi connectivity index (χ2v) is 8.96.